The topological polar surface area (TPSA) is 49.8 Å². The molecular formula is C23H32N2O3. The van der Waals surface area contributed by atoms with E-state index < -0.39 is 0 Å². The number of carbonyl (C=O) groups is 1. The van der Waals surface area contributed by atoms with Gasteiger partial charge in [0.05, 0.1) is 24.4 Å². The van der Waals surface area contributed by atoms with Crippen LogP contribution in [0, 0.1) is 0 Å². The van der Waals surface area contributed by atoms with Crippen LogP contribution in [0.15, 0.2) is 45.6 Å². The summed E-state index contributed by atoms with van der Waals surface area (Å²) >= 11 is 0. The second-order valence-corrected chi connectivity index (χ2v) is 8.26. The maximum Gasteiger partial charge on any atom is 0.156 e. The molecule has 2 saturated heterocycles. The van der Waals surface area contributed by atoms with Crippen LogP contribution in [-0.2, 0) is 4.79 Å². The van der Waals surface area contributed by atoms with Crippen molar-refractivity contribution < 1.29 is 13.6 Å². The predicted molar refractivity (Wildman–Crippen MR) is 108 cm³/mol. The number of nitrogens with zero attached hydrogens (tertiary/aromatic N) is 2. The standard InChI is InChI=1S/C23H32N2O3/c26-23(19(21-9-7-15-27-21)17-24-11-3-1-4-12-24)20(22-10-8-16-28-22)18-25-13-5-2-6-14-25/h7-10,15-16,19-20H,1-6,11-14,17-18H2. The molecule has 0 aliphatic carbocycles. The van der Waals surface area contributed by atoms with Gasteiger partial charge in [0.1, 0.15) is 11.5 Å². The highest BCUT2D eigenvalue weighted by Gasteiger charge is 2.35. The van der Waals surface area contributed by atoms with Gasteiger partial charge in [0.25, 0.3) is 0 Å². The molecule has 2 fully saturated rings. The molecule has 28 heavy (non-hydrogen) atoms. The van der Waals surface area contributed by atoms with Crippen LogP contribution in [0.2, 0.25) is 0 Å². The number of carbonyl (C=O) groups excluding carboxylic acids is 1. The minimum Gasteiger partial charge on any atom is -0.469 e. The van der Waals surface area contributed by atoms with E-state index in [1.54, 1.807) is 12.5 Å². The number of rotatable bonds is 8. The number of hydrogen-bond acceptors (Lipinski definition) is 5. The van der Waals surface area contributed by atoms with Crippen LogP contribution in [0.1, 0.15) is 61.9 Å². The third kappa shape index (κ3) is 4.76. The van der Waals surface area contributed by atoms with E-state index in [2.05, 4.69) is 9.80 Å². The zero-order valence-electron chi connectivity index (χ0n) is 16.7. The molecule has 2 aliphatic heterocycles. The third-order valence-corrected chi connectivity index (χ3v) is 6.24. The summed E-state index contributed by atoms with van der Waals surface area (Å²) in [6.45, 7) is 5.77. The molecule has 0 bridgehead atoms. The number of hydrogen-bond donors (Lipinski definition) is 0. The monoisotopic (exact) mass is 384 g/mol. The summed E-state index contributed by atoms with van der Waals surface area (Å²) < 4.78 is 11.4. The second kappa shape index (κ2) is 9.57. The molecule has 152 valence electrons. The fourth-order valence-electron chi connectivity index (χ4n) is 4.66. The molecule has 0 aromatic carbocycles. The van der Waals surface area contributed by atoms with Crippen molar-refractivity contribution in [2.24, 2.45) is 0 Å². The number of ketones is 1. The first kappa shape index (κ1) is 19.5. The van der Waals surface area contributed by atoms with Crippen LogP contribution in [-0.4, -0.2) is 54.9 Å². The van der Waals surface area contributed by atoms with Gasteiger partial charge in [0.15, 0.2) is 5.78 Å². The number of piperidine rings is 2. The molecule has 0 saturated carbocycles. The minimum absolute atomic E-state index is 0.223. The van der Waals surface area contributed by atoms with Gasteiger partial charge in [-0.1, -0.05) is 12.8 Å². The van der Waals surface area contributed by atoms with Crippen molar-refractivity contribution >= 4 is 5.78 Å². The quantitative estimate of drug-likeness (QED) is 0.680. The van der Waals surface area contributed by atoms with Gasteiger partial charge in [0.2, 0.25) is 0 Å². The van der Waals surface area contributed by atoms with Crippen LogP contribution in [0.4, 0.5) is 0 Å². The second-order valence-electron chi connectivity index (χ2n) is 8.26. The van der Waals surface area contributed by atoms with Crippen molar-refractivity contribution in [2.75, 3.05) is 39.3 Å². The van der Waals surface area contributed by atoms with Crippen LogP contribution in [0.3, 0.4) is 0 Å². The highest BCUT2D eigenvalue weighted by atomic mass is 16.3. The maximum atomic E-state index is 13.8. The Morgan fingerprint density at radius 1 is 0.750 bits per heavy atom. The lowest BCUT2D eigenvalue weighted by atomic mass is 9.87. The van der Waals surface area contributed by atoms with E-state index in [1.807, 2.05) is 24.3 Å². The first-order chi connectivity index (χ1) is 13.8. The van der Waals surface area contributed by atoms with Crippen molar-refractivity contribution in [1.29, 1.82) is 0 Å². The fourth-order valence-corrected chi connectivity index (χ4v) is 4.66. The normalized spacial score (nSPS) is 21.4. The molecular weight excluding hydrogens is 352 g/mol. The Balaban J connectivity index is 1.55. The largest absolute Gasteiger partial charge is 0.469 e. The van der Waals surface area contributed by atoms with Crippen molar-refractivity contribution in [3.05, 3.63) is 48.3 Å². The van der Waals surface area contributed by atoms with Gasteiger partial charge in [-0.25, -0.2) is 0 Å². The summed E-state index contributed by atoms with van der Waals surface area (Å²) in [5.74, 6) is 1.30. The van der Waals surface area contributed by atoms with E-state index in [0.717, 1.165) is 50.8 Å². The SMILES string of the molecule is O=C(C(CN1CCCCC1)c1ccco1)C(CN1CCCCC1)c1ccco1. The van der Waals surface area contributed by atoms with Gasteiger partial charge in [-0.3, -0.25) is 4.79 Å². The average molecular weight is 385 g/mol. The Labute approximate surface area is 167 Å². The van der Waals surface area contributed by atoms with Crippen molar-refractivity contribution in [3.8, 4) is 0 Å². The number of likely N-dealkylation sites (tertiary alicyclic amines) is 2. The number of Topliss-reactive ketones (excluding diaryl/α,β-unsaturated/α-hetero) is 1. The summed E-state index contributed by atoms with van der Waals surface area (Å²) in [6, 6.07) is 7.68. The van der Waals surface area contributed by atoms with Gasteiger partial charge in [0, 0.05) is 13.1 Å². The van der Waals surface area contributed by atoms with E-state index in [4.69, 9.17) is 8.83 Å². The summed E-state index contributed by atoms with van der Waals surface area (Å²) in [6.07, 6.45) is 10.8. The van der Waals surface area contributed by atoms with Gasteiger partial charge < -0.3 is 18.6 Å². The van der Waals surface area contributed by atoms with E-state index in [-0.39, 0.29) is 17.6 Å². The Hall–Kier alpha value is -1.85. The van der Waals surface area contributed by atoms with Gasteiger partial charge in [-0.05, 0) is 76.1 Å². The van der Waals surface area contributed by atoms with Crippen LogP contribution in [0.5, 0.6) is 0 Å². The molecule has 2 aliphatic rings. The summed E-state index contributed by atoms with van der Waals surface area (Å²) in [5.41, 5.74) is 0. The average Bonchev–Trinajstić information content (AvgIpc) is 3.46. The minimum atomic E-state index is -0.243. The van der Waals surface area contributed by atoms with Crippen molar-refractivity contribution in [3.63, 3.8) is 0 Å². The molecule has 0 spiro atoms. The molecule has 2 unspecified atom stereocenters. The highest BCUT2D eigenvalue weighted by molar-refractivity contribution is 5.91. The first-order valence-corrected chi connectivity index (χ1v) is 10.9. The maximum absolute atomic E-state index is 13.8. The zero-order valence-corrected chi connectivity index (χ0v) is 16.7. The Morgan fingerprint density at radius 2 is 1.18 bits per heavy atom. The molecule has 0 radical (unpaired) electrons. The molecule has 5 nitrogen and oxygen atoms in total. The zero-order chi connectivity index (χ0) is 19.2. The van der Waals surface area contributed by atoms with E-state index in [9.17, 15) is 4.79 Å². The highest BCUT2D eigenvalue weighted by Crippen LogP contribution is 2.30. The molecule has 2 aromatic rings. The Morgan fingerprint density at radius 3 is 1.54 bits per heavy atom. The third-order valence-electron chi connectivity index (χ3n) is 6.24. The summed E-state index contributed by atoms with van der Waals surface area (Å²) in [7, 11) is 0. The lowest BCUT2D eigenvalue weighted by Gasteiger charge is -2.32. The van der Waals surface area contributed by atoms with Gasteiger partial charge in [-0.2, -0.15) is 0 Å². The molecule has 4 rings (SSSR count). The molecule has 4 heterocycles. The van der Waals surface area contributed by atoms with Crippen molar-refractivity contribution in [2.45, 2.75) is 50.4 Å². The molecule has 2 atom stereocenters. The fraction of sp³-hybridized carbons (Fsp3) is 0.609. The van der Waals surface area contributed by atoms with Crippen molar-refractivity contribution in [1.82, 2.24) is 9.80 Å². The molecule has 5 heteroatoms. The van der Waals surface area contributed by atoms with Crippen LogP contribution >= 0.6 is 0 Å². The Bertz CT molecular complexity index is 638. The predicted octanol–water partition coefficient (Wildman–Crippen LogP) is 4.28. The van der Waals surface area contributed by atoms with E-state index in [0.29, 0.717) is 0 Å². The lowest BCUT2D eigenvalue weighted by molar-refractivity contribution is -0.123. The molecule has 2 aromatic heterocycles. The van der Waals surface area contributed by atoms with E-state index in [1.165, 1.54) is 38.5 Å². The van der Waals surface area contributed by atoms with Crippen LogP contribution < -0.4 is 0 Å². The van der Waals surface area contributed by atoms with Gasteiger partial charge in [-0.15, -0.1) is 0 Å². The molecule has 0 amide bonds. The van der Waals surface area contributed by atoms with Gasteiger partial charge >= 0.3 is 0 Å². The summed E-state index contributed by atoms with van der Waals surface area (Å²) in [5, 5.41) is 0. The Kier molecular flexibility index (Phi) is 6.65. The number of furan rings is 2. The summed E-state index contributed by atoms with van der Waals surface area (Å²) in [4.78, 5) is 18.7. The molecule has 0 N–H and O–H groups in total. The first-order valence-electron chi connectivity index (χ1n) is 10.9. The van der Waals surface area contributed by atoms with Crippen LogP contribution in [0.25, 0.3) is 0 Å². The van der Waals surface area contributed by atoms with E-state index >= 15 is 0 Å². The smallest absolute Gasteiger partial charge is 0.156 e. The lowest BCUT2D eigenvalue weighted by Crippen LogP contribution is -2.40.